The number of nitrogens with zero attached hydrogens (tertiary/aromatic N) is 3. The summed E-state index contributed by atoms with van der Waals surface area (Å²) in [5.74, 6) is 0. The van der Waals surface area contributed by atoms with Crippen molar-refractivity contribution >= 4 is 11.8 Å². The Labute approximate surface area is 129 Å². The molecule has 2 heterocycles. The third-order valence-electron chi connectivity index (χ3n) is 3.31. The smallest absolute Gasteiger partial charge is 0.147 e. The average molecular weight is 297 g/mol. The van der Waals surface area contributed by atoms with E-state index in [2.05, 4.69) is 16.2 Å². The van der Waals surface area contributed by atoms with Crippen molar-refractivity contribution < 1.29 is 4.74 Å². The van der Waals surface area contributed by atoms with Crippen molar-refractivity contribution in [3.05, 3.63) is 47.1 Å². The maximum atomic E-state index is 9.30. The third-order valence-corrected chi connectivity index (χ3v) is 3.31. The number of hydrogen-bond donors (Lipinski definition) is 2. The van der Waals surface area contributed by atoms with Gasteiger partial charge < -0.3 is 15.1 Å². The lowest BCUT2D eigenvalue weighted by Crippen LogP contribution is -2.09. The van der Waals surface area contributed by atoms with E-state index in [9.17, 15) is 5.26 Å². The van der Waals surface area contributed by atoms with Crippen LogP contribution in [0.5, 0.6) is 0 Å². The number of ether oxygens (including phenoxy) is 1. The fourth-order valence-corrected chi connectivity index (χ4v) is 2.25. The Kier molecular flexibility index (Phi) is 4.92. The maximum absolute atomic E-state index is 9.30. The zero-order valence-corrected chi connectivity index (χ0v) is 12.9. The Balaban J connectivity index is 2.50. The lowest BCUT2D eigenvalue weighted by molar-refractivity contribution is 0.0159. The van der Waals surface area contributed by atoms with Gasteiger partial charge in [0.05, 0.1) is 11.8 Å². The van der Waals surface area contributed by atoms with Crippen molar-refractivity contribution in [1.82, 2.24) is 14.8 Å². The molecule has 2 rings (SSSR count). The van der Waals surface area contributed by atoms with Gasteiger partial charge in [-0.25, -0.2) is 4.68 Å². The molecular weight excluding hydrogens is 278 g/mol. The van der Waals surface area contributed by atoms with Crippen LogP contribution in [0.2, 0.25) is 0 Å². The summed E-state index contributed by atoms with van der Waals surface area (Å²) < 4.78 is 7.21. The van der Waals surface area contributed by atoms with Gasteiger partial charge in [0, 0.05) is 41.5 Å². The molecule has 1 unspecified atom stereocenters. The van der Waals surface area contributed by atoms with Gasteiger partial charge in [0.25, 0.3) is 0 Å². The fourth-order valence-electron chi connectivity index (χ4n) is 2.25. The maximum Gasteiger partial charge on any atom is 0.147 e. The predicted octanol–water partition coefficient (Wildman–Crippen LogP) is 3.05. The zero-order chi connectivity index (χ0) is 16.1. The highest BCUT2D eigenvalue weighted by Gasteiger charge is 2.15. The van der Waals surface area contributed by atoms with Gasteiger partial charge in [0.2, 0.25) is 0 Å². The molecule has 0 amide bonds. The van der Waals surface area contributed by atoms with Crippen molar-refractivity contribution in [2.75, 3.05) is 6.61 Å². The van der Waals surface area contributed by atoms with Crippen LogP contribution < -0.4 is 0 Å². The molecule has 0 radical (unpaired) electrons. The molecule has 2 aromatic rings. The minimum absolute atomic E-state index is 0.184. The monoisotopic (exact) mass is 297 g/mol. The van der Waals surface area contributed by atoms with E-state index in [1.165, 1.54) is 0 Å². The quantitative estimate of drug-likeness (QED) is 0.634. The molecular formula is C16H19N5O. The topological polar surface area (TPSA) is 90.5 Å². The number of H-pyrrole nitrogens is 1. The summed E-state index contributed by atoms with van der Waals surface area (Å²) in [5.41, 5.74) is 3.51. The molecule has 2 N–H and O–H groups in total. The number of aromatic nitrogens is 3. The SMILES string of the molecule is CCOC(C)n1cc(/C(=C(\C#N)C=N)c2ccc(C)[nH]2)cn1. The first kappa shape index (κ1) is 15.7. The number of allylic oxidation sites excluding steroid dienone is 1. The minimum Gasteiger partial charge on any atom is -0.359 e. The first-order chi connectivity index (χ1) is 10.6. The van der Waals surface area contributed by atoms with E-state index in [-0.39, 0.29) is 11.8 Å². The van der Waals surface area contributed by atoms with E-state index in [0.717, 1.165) is 23.2 Å². The predicted molar refractivity (Wildman–Crippen MR) is 84.5 cm³/mol. The van der Waals surface area contributed by atoms with Crippen LogP contribution in [0.25, 0.3) is 5.57 Å². The van der Waals surface area contributed by atoms with Crippen LogP contribution in [-0.2, 0) is 4.74 Å². The van der Waals surface area contributed by atoms with Crippen LogP contribution in [0, 0.1) is 23.7 Å². The van der Waals surface area contributed by atoms with Crippen molar-refractivity contribution in [3.63, 3.8) is 0 Å². The standard InChI is InChI=1S/C16H19N5O/c1-4-22-12(3)21-10-14(9-19-21)16(13(7-17)8-18)15-6-5-11(2)20-15/h5-7,9-10,12,17,20H,4H2,1-3H3/b16-13+,17-7?. The van der Waals surface area contributed by atoms with Gasteiger partial charge in [0.1, 0.15) is 12.3 Å². The molecule has 0 aliphatic rings. The third kappa shape index (κ3) is 3.15. The van der Waals surface area contributed by atoms with E-state index in [0.29, 0.717) is 12.2 Å². The summed E-state index contributed by atoms with van der Waals surface area (Å²) in [7, 11) is 0. The summed E-state index contributed by atoms with van der Waals surface area (Å²) in [4.78, 5) is 3.21. The molecule has 0 saturated carbocycles. The number of aryl methyl sites for hydroxylation is 1. The van der Waals surface area contributed by atoms with Gasteiger partial charge in [-0.3, -0.25) is 0 Å². The molecule has 0 bridgehead atoms. The van der Waals surface area contributed by atoms with Crippen LogP contribution in [0.1, 0.15) is 37.0 Å². The molecule has 2 aromatic heterocycles. The molecule has 6 heteroatoms. The Hall–Kier alpha value is -2.65. The van der Waals surface area contributed by atoms with E-state index < -0.39 is 0 Å². The molecule has 22 heavy (non-hydrogen) atoms. The van der Waals surface area contributed by atoms with Gasteiger partial charge >= 0.3 is 0 Å². The lowest BCUT2D eigenvalue weighted by Gasteiger charge is -2.11. The minimum atomic E-state index is -0.184. The summed E-state index contributed by atoms with van der Waals surface area (Å²) in [6, 6.07) is 5.90. The van der Waals surface area contributed by atoms with Gasteiger partial charge in [0.15, 0.2) is 0 Å². The highest BCUT2D eigenvalue weighted by molar-refractivity contribution is 5.98. The molecule has 1 atom stereocenters. The van der Waals surface area contributed by atoms with Gasteiger partial charge in [-0.1, -0.05) is 0 Å². The molecule has 6 nitrogen and oxygen atoms in total. The average Bonchev–Trinajstić information content (AvgIpc) is 3.14. The number of nitrogens with one attached hydrogen (secondary N) is 2. The van der Waals surface area contributed by atoms with Crippen molar-refractivity contribution in [3.8, 4) is 6.07 Å². The number of rotatable bonds is 6. The summed E-state index contributed by atoms with van der Waals surface area (Å²) in [6.45, 7) is 6.37. The molecule has 0 aliphatic heterocycles. The van der Waals surface area contributed by atoms with Crippen LogP contribution in [0.4, 0.5) is 0 Å². The first-order valence-corrected chi connectivity index (χ1v) is 7.07. The van der Waals surface area contributed by atoms with E-state index in [4.69, 9.17) is 10.1 Å². The molecule has 0 aliphatic carbocycles. The van der Waals surface area contributed by atoms with Crippen molar-refractivity contribution in [2.45, 2.75) is 27.0 Å². The zero-order valence-electron chi connectivity index (χ0n) is 12.9. The second kappa shape index (κ2) is 6.87. The van der Waals surface area contributed by atoms with Crippen LogP contribution in [0.3, 0.4) is 0 Å². The normalized spacial score (nSPS) is 13.4. The van der Waals surface area contributed by atoms with Crippen LogP contribution >= 0.6 is 0 Å². The number of nitriles is 1. The lowest BCUT2D eigenvalue weighted by atomic mass is 10.0. The van der Waals surface area contributed by atoms with Crippen molar-refractivity contribution in [2.24, 2.45) is 0 Å². The fraction of sp³-hybridized carbons (Fsp3) is 0.312. The van der Waals surface area contributed by atoms with E-state index in [1.54, 1.807) is 10.9 Å². The molecule has 0 saturated heterocycles. The van der Waals surface area contributed by atoms with Gasteiger partial charge in [-0.2, -0.15) is 10.4 Å². The molecule has 114 valence electrons. The Morgan fingerprint density at radius 3 is 2.91 bits per heavy atom. The van der Waals surface area contributed by atoms with E-state index >= 15 is 0 Å². The van der Waals surface area contributed by atoms with Crippen molar-refractivity contribution in [1.29, 1.82) is 10.7 Å². The molecule has 0 aromatic carbocycles. The van der Waals surface area contributed by atoms with Crippen LogP contribution in [0.15, 0.2) is 30.1 Å². The Bertz CT molecular complexity index is 732. The first-order valence-electron chi connectivity index (χ1n) is 7.07. The second-order valence-corrected chi connectivity index (χ2v) is 4.86. The second-order valence-electron chi connectivity index (χ2n) is 4.86. The highest BCUT2D eigenvalue weighted by atomic mass is 16.5. The molecule has 0 spiro atoms. The number of aromatic amines is 1. The van der Waals surface area contributed by atoms with E-state index in [1.807, 2.05) is 39.1 Å². The summed E-state index contributed by atoms with van der Waals surface area (Å²) >= 11 is 0. The summed E-state index contributed by atoms with van der Waals surface area (Å²) in [6.07, 6.45) is 4.39. The van der Waals surface area contributed by atoms with Crippen LogP contribution in [-0.4, -0.2) is 27.6 Å². The Morgan fingerprint density at radius 1 is 1.59 bits per heavy atom. The van der Waals surface area contributed by atoms with Gasteiger partial charge in [-0.15, -0.1) is 0 Å². The number of hydrogen-bond acceptors (Lipinski definition) is 4. The summed E-state index contributed by atoms with van der Waals surface area (Å²) in [5, 5.41) is 21.1. The molecule has 0 fully saturated rings. The largest absolute Gasteiger partial charge is 0.359 e. The Morgan fingerprint density at radius 2 is 2.36 bits per heavy atom. The van der Waals surface area contributed by atoms with Gasteiger partial charge in [-0.05, 0) is 32.9 Å². The highest BCUT2D eigenvalue weighted by Crippen LogP contribution is 2.26.